The molecule has 4 aliphatic rings. The quantitative estimate of drug-likeness (QED) is 0.364. The molecule has 3 fully saturated rings. The zero-order valence-corrected chi connectivity index (χ0v) is 19.7. The number of allylic oxidation sites excluding steroid dienone is 1. The third-order valence-corrected chi connectivity index (χ3v) is 10.4. The van der Waals surface area contributed by atoms with E-state index in [1.54, 1.807) is 0 Å². The summed E-state index contributed by atoms with van der Waals surface area (Å²) in [6, 6.07) is 0. The van der Waals surface area contributed by atoms with Gasteiger partial charge in [0.1, 0.15) is 11.7 Å². The summed E-state index contributed by atoms with van der Waals surface area (Å²) in [6.45, 7) is 7.01. The standard InChI is InChI=1S/C27H46O3/c1-4-5-6-7-8-9-10-19-11-12-22-21-17-24(29)27(30)18-20(28)13-16-26(27,3)23(21)14-15-25(19,22)2/h17,19-20,22-24,28-30H,4-16,18H2,1-3H3/t19-,20-,22-,23-,24+,25+,26+,27-/m0/s1. The number of fused-ring (bicyclic) bond motifs is 5. The van der Waals surface area contributed by atoms with Crippen LogP contribution in [0.25, 0.3) is 0 Å². The van der Waals surface area contributed by atoms with Crippen molar-refractivity contribution in [3.05, 3.63) is 11.6 Å². The van der Waals surface area contributed by atoms with Crippen molar-refractivity contribution in [2.45, 2.75) is 128 Å². The highest BCUT2D eigenvalue weighted by Gasteiger charge is 2.64. The van der Waals surface area contributed by atoms with Gasteiger partial charge in [0.05, 0.1) is 6.10 Å². The number of aliphatic hydroxyl groups excluding tert-OH is 2. The minimum atomic E-state index is -1.18. The molecule has 0 amide bonds. The molecule has 4 rings (SSSR count). The highest BCUT2D eigenvalue weighted by molar-refractivity contribution is 5.33. The summed E-state index contributed by atoms with van der Waals surface area (Å²) in [5, 5.41) is 32.8. The molecule has 0 unspecified atom stereocenters. The number of unbranched alkanes of at least 4 members (excludes halogenated alkanes) is 5. The van der Waals surface area contributed by atoms with E-state index in [9.17, 15) is 15.3 Å². The lowest BCUT2D eigenvalue weighted by molar-refractivity contribution is -0.210. The third kappa shape index (κ3) is 3.52. The third-order valence-electron chi connectivity index (χ3n) is 10.4. The largest absolute Gasteiger partial charge is 0.393 e. The van der Waals surface area contributed by atoms with Crippen LogP contribution in [0.3, 0.4) is 0 Å². The predicted molar refractivity (Wildman–Crippen MR) is 122 cm³/mol. The maximum Gasteiger partial charge on any atom is 0.102 e. The van der Waals surface area contributed by atoms with Crippen LogP contribution in [-0.4, -0.2) is 33.1 Å². The first-order valence-electron chi connectivity index (χ1n) is 13.1. The molecule has 3 nitrogen and oxygen atoms in total. The SMILES string of the molecule is CCCCCCCC[C@H]1CC[C@H]2C3=C[C@@H](O)[C@@]4(O)C[C@@H](O)CC[C@]4(C)[C@H]3CC[C@]12C. The summed E-state index contributed by atoms with van der Waals surface area (Å²) in [5.74, 6) is 1.75. The van der Waals surface area contributed by atoms with Gasteiger partial charge in [-0.25, -0.2) is 0 Å². The number of rotatable bonds is 7. The smallest absolute Gasteiger partial charge is 0.102 e. The van der Waals surface area contributed by atoms with E-state index in [0.29, 0.717) is 23.7 Å². The van der Waals surface area contributed by atoms with E-state index in [0.717, 1.165) is 25.2 Å². The van der Waals surface area contributed by atoms with E-state index >= 15 is 0 Å². The lowest BCUT2D eigenvalue weighted by Crippen LogP contribution is -2.65. The molecule has 0 spiro atoms. The Hall–Kier alpha value is -0.380. The van der Waals surface area contributed by atoms with Crippen LogP contribution in [0.4, 0.5) is 0 Å². The lowest BCUT2D eigenvalue weighted by Gasteiger charge is -2.62. The second kappa shape index (κ2) is 8.52. The van der Waals surface area contributed by atoms with Crippen molar-refractivity contribution >= 4 is 0 Å². The van der Waals surface area contributed by atoms with Crippen LogP contribution in [0.1, 0.15) is 111 Å². The minimum Gasteiger partial charge on any atom is -0.393 e. The highest BCUT2D eigenvalue weighted by atomic mass is 16.3. The minimum absolute atomic E-state index is 0.311. The fourth-order valence-corrected chi connectivity index (χ4v) is 8.30. The van der Waals surface area contributed by atoms with Crippen LogP contribution in [0.2, 0.25) is 0 Å². The van der Waals surface area contributed by atoms with Crippen molar-refractivity contribution in [3.8, 4) is 0 Å². The van der Waals surface area contributed by atoms with Gasteiger partial charge in [0.2, 0.25) is 0 Å². The molecule has 0 aromatic heterocycles. The molecule has 0 aliphatic heterocycles. The summed E-state index contributed by atoms with van der Waals surface area (Å²) in [5.41, 5.74) is 0.341. The first-order valence-corrected chi connectivity index (χ1v) is 13.1. The first kappa shape index (κ1) is 22.8. The van der Waals surface area contributed by atoms with E-state index in [1.165, 1.54) is 69.8 Å². The molecule has 0 aromatic rings. The molecule has 30 heavy (non-hydrogen) atoms. The average molecular weight is 419 g/mol. The topological polar surface area (TPSA) is 60.7 Å². The molecular formula is C27H46O3. The van der Waals surface area contributed by atoms with Crippen LogP contribution < -0.4 is 0 Å². The van der Waals surface area contributed by atoms with Gasteiger partial charge >= 0.3 is 0 Å². The van der Waals surface area contributed by atoms with Crippen LogP contribution in [0.15, 0.2) is 11.6 Å². The molecule has 0 aromatic carbocycles. The van der Waals surface area contributed by atoms with Crippen LogP contribution >= 0.6 is 0 Å². The Labute approximate surface area is 184 Å². The Morgan fingerprint density at radius 3 is 2.40 bits per heavy atom. The number of hydrogen-bond acceptors (Lipinski definition) is 3. The Kier molecular flexibility index (Phi) is 6.48. The van der Waals surface area contributed by atoms with Gasteiger partial charge in [0.25, 0.3) is 0 Å². The van der Waals surface area contributed by atoms with Crippen molar-refractivity contribution in [3.63, 3.8) is 0 Å². The summed E-state index contributed by atoms with van der Waals surface area (Å²) in [7, 11) is 0. The van der Waals surface area contributed by atoms with Crippen molar-refractivity contribution in [2.24, 2.45) is 28.6 Å². The van der Waals surface area contributed by atoms with Gasteiger partial charge in [-0.05, 0) is 68.1 Å². The summed E-state index contributed by atoms with van der Waals surface area (Å²) < 4.78 is 0. The van der Waals surface area contributed by atoms with Crippen molar-refractivity contribution < 1.29 is 15.3 Å². The average Bonchev–Trinajstić information content (AvgIpc) is 3.04. The Morgan fingerprint density at radius 2 is 1.63 bits per heavy atom. The fourth-order valence-electron chi connectivity index (χ4n) is 8.30. The van der Waals surface area contributed by atoms with E-state index < -0.39 is 17.8 Å². The molecular weight excluding hydrogens is 372 g/mol. The van der Waals surface area contributed by atoms with Crippen LogP contribution in [0.5, 0.6) is 0 Å². The van der Waals surface area contributed by atoms with Gasteiger partial charge in [-0.2, -0.15) is 0 Å². The molecule has 172 valence electrons. The van der Waals surface area contributed by atoms with Gasteiger partial charge in [-0.3, -0.25) is 0 Å². The van der Waals surface area contributed by atoms with E-state index in [-0.39, 0.29) is 5.41 Å². The molecule has 3 heteroatoms. The van der Waals surface area contributed by atoms with Gasteiger partial charge in [0, 0.05) is 11.8 Å². The Balaban J connectivity index is 1.48. The van der Waals surface area contributed by atoms with Crippen molar-refractivity contribution in [1.82, 2.24) is 0 Å². The van der Waals surface area contributed by atoms with Gasteiger partial charge in [-0.15, -0.1) is 0 Å². The number of aliphatic hydroxyl groups is 3. The molecule has 3 N–H and O–H groups in total. The van der Waals surface area contributed by atoms with Crippen LogP contribution in [0, 0.1) is 28.6 Å². The monoisotopic (exact) mass is 418 g/mol. The second-order valence-electron chi connectivity index (χ2n) is 11.8. The molecule has 3 saturated carbocycles. The molecule has 0 radical (unpaired) electrons. The molecule has 4 aliphatic carbocycles. The summed E-state index contributed by atoms with van der Waals surface area (Å²) >= 11 is 0. The molecule has 0 heterocycles. The highest BCUT2D eigenvalue weighted by Crippen LogP contribution is 2.67. The van der Waals surface area contributed by atoms with Crippen molar-refractivity contribution in [2.75, 3.05) is 0 Å². The predicted octanol–water partition coefficient (Wildman–Crippen LogP) is 5.76. The zero-order chi connectivity index (χ0) is 21.6. The fraction of sp³-hybridized carbons (Fsp3) is 0.926. The van der Waals surface area contributed by atoms with E-state index in [4.69, 9.17) is 0 Å². The maximum absolute atomic E-state index is 11.5. The first-order chi connectivity index (χ1) is 14.3. The molecule has 0 bridgehead atoms. The van der Waals surface area contributed by atoms with Gasteiger partial charge in [0.15, 0.2) is 0 Å². The van der Waals surface area contributed by atoms with E-state index in [1.807, 2.05) is 6.08 Å². The normalized spacial score (nSPS) is 47.9. The van der Waals surface area contributed by atoms with Crippen LogP contribution in [-0.2, 0) is 0 Å². The van der Waals surface area contributed by atoms with Gasteiger partial charge in [-0.1, -0.05) is 70.9 Å². The zero-order valence-electron chi connectivity index (χ0n) is 19.7. The Bertz CT molecular complexity index is 644. The summed E-state index contributed by atoms with van der Waals surface area (Å²) in [4.78, 5) is 0. The van der Waals surface area contributed by atoms with Gasteiger partial charge < -0.3 is 15.3 Å². The summed E-state index contributed by atoms with van der Waals surface area (Å²) in [6.07, 6.45) is 17.2. The molecule has 0 saturated heterocycles. The lowest BCUT2D eigenvalue weighted by atomic mass is 9.46. The second-order valence-corrected chi connectivity index (χ2v) is 11.8. The number of hydrogen-bond donors (Lipinski definition) is 3. The van der Waals surface area contributed by atoms with Crippen molar-refractivity contribution in [1.29, 1.82) is 0 Å². The van der Waals surface area contributed by atoms with E-state index in [2.05, 4.69) is 20.8 Å². The maximum atomic E-state index is 11.5. The molecule has 8 atom stereocenters. The Morgan fingerprint density at radius 1 is 0.900 bits per heavy atom.